The third-order valence-corrected chi connectivity index (χ3v) is 4.66. The number of halogens is 1. The van der Waals surface area contributed by atoms with Crippen LogP contribution in [-0.2, 0) is 4.79 Å². The van der Waals surface area contributed by atoms with E-state index in [1.54, 1.807) is 18.3 Å². The van der Waals surface area contributed by atoms with Crippen LogP contribution in [0.3, 0.4) is 0 Å². The minimum atomic E-state index is -0.319. The van der Waals surface area contributed by atoms with Crippen LogP contribution in [0.25, 0.3) is 10.9 Å². The van der Waals surface area contributed by atoms with Crippen molar-refractivity contribution in [3.05, 3.63) is 53.2 Å². The van der Waals surface area contributed by atoms with Crippen LogP contribution in [0.1, 0.15) is 25.6 Å². The van der Waals surface area contributed by atoms with Crippen molar-refractivity contribution in [1.82, 2.24) is 26.4 Å². The molecule has 156 valence electrons. The SMILES string of the molecule is CC(C)NC(=O)COc1ccc(C2N=C(Nc3ccc4[nH]ncc4c3)NN2)cc1Cl. The van der Waals surface area contributed by atoms with E-state index in [2.05, 4.69) is 36.7 Å². The fraction of sp³-hybridized carbons (Fsp3) is 0.250. The van der Waals surface area contributed by atoms with Gasteiger partial charge in [0.25, 0.3) is 5.91 Å². The van der Waals surface area contributed by atoms with Crippen molar-refractivity contribution in [3.8, 4) is 5.75 Å². The molecule has 1 aliphatic rings. The predicted molar refractivity (Wildman–Crippen MR) is 116 cm³/mol. The van der Waals surface area contributed by atoms with Crippen LogP contribution in [0.2, 0.25) is 5.02 Å². The number of carbonyl (C=O) groups excluding carboxylic acids is 1. The molecule has 1 aromatic heterocycles. The van der Waals surface area contributed by atoms with Crippen LogP contribution < -0.4 is 26.2 Å². The number of carbonyl (C=O) groups is 1. The number of nitrogens with one attached hydrogen (secondary N) is 5. The van der Waals surface area contributed by atoms with Gasteiger partial charge in [0.15, 0.2) is 6.61 Å². The van der Waals surface area contributed by atoms with Crippen molar-refractivity contribution in [3.63, 3.8) is 0 Å². The van der Waals surface area contributed by atoms with E-state index in [-0.39, 0.29) is 24.7 Å². The van der Waals surface area contributed by atoms with Crippen molar-refractivity contribution in [1.29, 1.82) is 0 Å². The van der Waals surface area contributed by atoms with Crippen LogP contribution in [0.15, 0.2) is 47.6 Å². The minimum Gasteiger partial charge on any atom is -0.482 e. The van der Waals surface area contributed by atoms with Gasteiger partial charge < -0.3 is 15.4 Å². The Hall–Kier alpha value is -3.30. The Bertz CT molecular complexity index is 1100. The van der Waals surface area contributed by atoms with E-state index in [9.17, 15) is 4.79 Å². The molecule has 0 fully saturated rings. The summed E-state index contributed by atoms with van der Waals surface area (Å²) in [6, 6.07) is 11.3. The third-order valence-electron chi connectivity index (χ3n) is 4.37. The molecule has 0 spiro atoms. The van der Waals surface area contributed by atoms with Gasteiger partial charge in [-0.05, 0) is 49.7 Å². The van der Waals surface area contributed by atoms with E-state index in [0.29, 0.717) is 16.7 Å². The Morgan fingerprint density at radius 3 is 2.93 bits per heavy atom. The number of aromatic nitrogens is 2. The summed E-state index contributed by atoms with van der Waals surface area (Å²) < 4.78 is 5.51. The number of hydrazine groups is 1. The smallest absolute Gasteiger partial charge is 0.258 e. The zero-order valence-electron chi connectivity index (χ0n) is 16.5. The summed E-state index contributed by atoms with van der Waals surface area (Å²) in [5.74, 6) is 0.839. The molecule has 30 heavy (non-hydrogen) atoms. The second kappa shape index (κ2) is 8.60. The third kappa shape index (κ3) is 4.64. The number of hydrogen-bond acceptors (Lipinski definition) is 7. The molecular weight excluding hydrogens is 406 g/mol. The average Bonchev–Trinajstić information content (AvgIpc) is 3.35. The first-order valence-electron chi connectivity index (χ1n) is 9.49. The maximum absolute atomic E-state index is 11.7. The molecule has 0 aliphatic carbocycles. The molecule has 0 radical (unpaired) electrons. The summed E-state index contributed by atoms with van der Waals surface area (Å²) in [6.07, 6.45) is 1.45. The summed E-state index contributed by atoms with van der Waals surface area (Å²) in [6.45, 7) is 3.69. The number of nitrogens with zero attached hydrogens (tertiary/aromatic N) is 2. The summed E-state index contributed by atoms with van der Waals surface area (Å²) in [7, 11) is 0. The van der Waals surface area contributed by atoms with Gasteiger partial charge in [-0.1, -0.05) is 17.7 Å². The highest BCUT2D eigenvalue weighted by Gasteiger charge is 2.19. The second-order valence-electron chi connectivity index (χ2n) is 7.15. The first-order chi connectivity index (χ1) is 14.5. The highest BCUT2D eigenvalue weighted by atomic mass is 35.5. The van der Waals surface area contributed by atoms with E-state index in [1.807, 2.05) is 38.1 Å². The molecule has 1 unspecified atom stereocenters. The molecule has 1 atom stereocenters. The largest absolute Gasteiger partial charge is 0.482 e. The number of fused-ring (bicyclic) bond motifs is 1. The summed E-state index contributed by atoms with van der Waals surface area (Å²) in [5, 5.41) is 14.4. The predicted octanol–water partition coefficient (Wildman–Crippen LogP) is 2.69. The molecule has 0 bridgehead atoms. The molecule has 3 aromatic rings. The summed E-state index contributed by atoms with van der Waals surface area (Å²) in [4.78, 5) is 16.3. The van der Waals surface area contributed by atoms with Crippen molar-refractivity contribution >= 4 is 40.1 Å². The van der Waals surface area contributed by atoms with E-state index in [0.717, 1.165) is 22.2 Å². The molecule has 0 saturated carbocycles. The second-order valence-corrected chi connectivity index (χ2v) is 7.55. The normalized spacial score (nSPS) is 15.7. The minimum absolute atomic E-state index is 0.0576. The monoisotopic (exact) mass is 427 g/mol. The number of hydrogen-bond donors (Lipinski definition) is 5. The number of aliphatic imine (C=N–C) groups is 1. The Balaban J connectivity index is 1.39. The molecule has 0 saturated heterocycles. The topological polar surface area (TPSA) is 115 Å². The molecule has 2 aromatic carbocycles. The van der Waals surface area contributed by atoms with Gasteiger partial charge in [-0.3, -0.25) is 15.3 Å². The van der Waals surface area contributed by atoms with Crippen LogP contribution in [-0.4, -0.2) is 34.7 Å². The summed E-state index contributed by atoms with van der Waals surface area (Å²) in [5.41, 5.74) is 8.83. The van der Waals surface area contributed by atoms with Gasteiger partial charge in [0.1, 0.15) is 11.9 Å². The number of benzene rings is 2. The van der Waals surface area contributed by atoms with Crippen molar-refractivity contribution < 1.29 is 9.53 Å². The average molecular weight is 428 g/mol. The van der Waals surface area contributed by atoms with Gasteiger partial charge in [0.2, 0.25) is 5.96 Å². The highest BCUT2D eigenvalue weighted by Crippen LogP contribution is 2.29. The van der Waals surface area contributed by atoms with Crippen LogP contribution in [0.5, 0.6) is 5.75 Å². The molecule has 5 N–H and O–H groups in total. The fourth-order valence-corrected chi connectivity index (χ4v) is 3.26. The lowest BCUT2D eigenvalue weighted by Crippen LogP contribution is -2.35. The van der Waals surface area contributed by atoms with Gasteiger partial charge in [-0.25, -0.2) is 10.4 Å². The van der Waals surface area contributed by atoms with E-state index in [4.69, 9.17) is 16.3 Å². The van der Waals surface area contributed by atoms with Gasteiger partial charge >= 0.3 is 0 Å². The highest BCUT2D eigenvalue weighted by molar-refractivity contribution is 6.32. The number of anilines is 1. The zero-order valence-corrected chi connectivity index (χ0v) is 17.2. The van der Waals surface area contributed by atoms with Crippen molar-refractivity contribution in [2.45, 2.75) is 26.1 Å². The number of ether oxygens (including phenoxy) is 1. The van der Waals surface area contributed by atoms with E-state index >= 15 is 0 Å². The number of aromatic amines is 1. The van der Waals surface area contributed by atoms with Gasteiger partial charge in [-0.15, -0.1) is 0 Å². The van der Waals surface area contributed by atoms with Crippen molar-refractivity contribution in [2.75, 3.05) is 11.9 Å². The lowest BCUT2D eigenvalue weighted by Gasteiger charge is -2.13. The quantitative estimate of drug-likeness (QED) is 0.413. The lowest BCUT2D eigenvalue weighted by atomic mass is 10.2. The fourth-order valence-electron chi connectivity index (χ4n) is 3.02. The Labute approximate surface area is 178 Å². The Morgan fingerprint density at radius 2 is 2.13 bits per heavy atom. The molecule has 1 aliphatic heterocycles. The maximum Gasteiger partial charge on any atom is 0.258 e. The zero-order chi connectivity index (χ0) is 21.1. The molecular formula is C20H22ClN7O2. The summed E-state index contributed by atoms with van der Waals surface area (Å²) >= 11 is 6.33. The lowest BCUT2D eigenvalue weighted by molar-refractivity contribution is -0.123. The van der Waals surface area contributed by atoms with Gasteiger partial charge in [-0.2, -0.15) is 5.10 Å². The number of guanidine groups is 1. The first-order valence-corrected chi connectivity index (χ1v) is 9.87. The first kappa shape index (κ1) is 20.0. The van der Waals surface area contributed by atoms with E-state index < -0.39 is 0 Å². The van der Waals surface area contributed by atoms with Crippen molar-refractivity contribution in [2.24, 2.45) is 4.99 Å². The van der Waals surface area contributed by atoms with E-state index in [1.165, 1.54) is 0 Å². The Kier molecular flexibility index (Phi) is 5.73. The molecule has 9 nitrogen and oxygen atoms in total. The molecule has 10 heteroatoms. The number of amides is 1. The van der Waals surface area contributed by atoms with Crippen LogP contribution in [0.4, 0.5) is 5.69 Å². The standard InChI is InChI=1S/C20H22ClN7O2/c1-11(2)23-18(29)10-30-17-6-3-12(8-15(17)21)19-25-20(28-27-19)24-14-4-5-16-13(7-14)9-22-26-16/h3-9,11,19,27H,10H2,1-2H3,(H,22,26)(H,23,29)(H2,24,25,28). The van der Waals surface area contributed by atoms with Crippen LogP contribution in [0, 0.1) is 0 Å². The van der Waals surface area contributed by atoms with Crippen LogP contribution >= 0.6 is 11.6 Å². The molecule has 1 amide bonds. The Morgan fingerprint density at radius 1 is 1.27 bits per heavy atom. The molecule has 4 rings (SSSR count). The molecule has 2 heterocycles. The maximum atomic E-state index is 11.7. The van der Waals surface area contributed by atoms with Gasteiger partial charge in [0, 0.05) is 17.1 Å². The number of rotatable bonds is 6. The van der Waals surface area contributed by atoms with Gasteiger partial charge in [0.05, 0.1) is 16.7 Å². The number of H-pyrrole nitrogens is 1.